The van der Waals surface area contributed by atoms with E-state index in [1.54, 1.807) is 7.11 Å². The van der Waals surface area contributed by atoms with Gasteiger partial charge in [-0.2, -0.15) is 0 Å². The Hall–Kier alpha value is -1.36. The third-order valence-corrected chi connectivity index (χ3v) is 6.55. The van der Waals surface area contributed by atoms with Crippen LogP contribution >= 0.6 is 0 Å². The highest BCUT2D eigenvalue weighted by Gasteiger charge is 2.44. The summed E-state index contributed by atoms with van der Waals surface area (Å²) in [5, 5.41) is 3.21. The molecule has 146 valence electrons. The second-order valence-electron chi connectivity index (χ2n) is 8.27. The van der Waals surface area contributed by atoms with Crippen molar-refractivity contribution >= 4 is 11.8 Å². The van der Waals surface area contributed by atoms with Gasteiger partial charge in [0.2, 0.25) is 11.8 Å². The van der Waals surface area contributed by atoms with Crippen LogP contribution in [0, 0.1) is 11.3 Å². The summed E-state index contributed by atoms with van der Waals surface area (Å²) in [6.45, 7) is 1.82. The minimum absolute atomic E-state index is 0.0665. The summed E-state index contributed by atoms with van der Waals surface area (Å²) in [5.41, 5.74) is 1.07. The number of hydrogen-bond donors (Lipinski definition) is 1. The van der Waals surface area contributed by atoms with E-state index < -0.39 is 0 Å². The number of nitrogens with zero attached hydrogens (tertiary/aromatic N) is 1. The number of rotatable bonds is 8. The van der Waals surface area contributed by atoms with Crippen molar-refractivity contribution in [3.63, 3.8) is 0 Å². The third-order valence-electron chi connectivity index (χ3n) is 6.55. The number of hydrogen-bond acceptors (Lipinski definition) is 3. The van der Waals surface area contributed by atoms with Crippen LogP contribution in [0.15, 0.2) is 11.8 Å². The van der Waals surface area contributed by atoms with Crippen LogP contribution in [0.3, 0.4) is 0 Å². The lowest BCUT2D eigenvalue weighted by Gasteiger charge is -2.47. The summed E-state index contributed by atoms with van der Waals surface area (Å²) in [5.74, 6) is 1.12. The summed E-state index contributed by atoms with van der Waals surface area (Å²) < 4.78 is 5.19. The predicted octanol–water partition coefficient (Wildman–Crippen LogP) is 3.40. The van der Waals surface area contributed by atoms with Crippen LogP contribution in [-0.2, 0) is 14.3 Å². The zero-order valence-electron chi connectivity index (χ0n) is 16.2. The van der Waals surface area contributed by atoms with E-state index >= 15 is 0 Å². The molecule has 1 aliphatic heterocycles. The number of fused-ring (bicyclic) bond motifs is 1. The molecule has 3 aliphatic rings. The van der Waals surface area contributed by atoms with Gasteiger partial charge >= 0.3 is 0 Å². The Labute approximate surface area is 157 Å². The Balaban J connectivity index is 1.58. The van der Waals surface area contributed by atoms with Crippen molar-refractivity contribution in [2.24, 2.45) is 11.3 Å². The Bertz CT molecular complexity index is 539. The second-order valence-corrected chi connectivity index (χ2v) is 8.27. The number of allylic oxidation sites excluding steroid dienone is 1. The van der Waals surface area contributed by atoms with E-state index in [4.69, 9.17) is 4.74 Å². The highest BCUT2D eigenvalue weighted by atomic mass is 16.5. The third kappa shape index (κ3) is 4.48. The van der Waals surface area contributed by atoms with Gasteiger partial charge in [-0.3, -0.25) is 9.59 Å². The van der Waals surface area contributed by atoms with Crippen LogP contribution in [0.2, 0.25) is 0 Å². The fourth-order valence-corrected chi connectivity index (χ4v) is 4.97. The van der Waals surface area contributed by atoms with Crippen molar-refractivity contribution < 1.29 is 14.3 Å². The largest absolute Gasteiger partial charge is 0.383 e. The molecule has 1 saturated heterocycles. The molecular formula is C21H34N2O3. The van der Waals surface area contributed by atoms with Gasteiger partial charge in [0, 0.05) is 44.2 Å². The molecule has 0 bridgehead atoms. The van der Waals surface area contributed by atoms with Gasteiger partial charge in [0.05, 0.1) is 6.61 Å². The lowest BCUT2D eigenvalue weighted by atomic mass is 9.69. The summed E-state index contributed by atoms with van der Waals surface area (Å²) in [7, 11) is 1.67. The summed E-state index contributed by atoms with van der Waals surface area (Å²) in [6.07, 6.45) is 13.8. The van der Waals surface area contributed by atoms with Gasteiger partial charge in [-0.1, -0.05) is 31.8 Å². The van der Waals surface area contributed by atoms with Gasteiger partial charge in [-0.05, 0) is 38.0 Å². The van der Waals surface area contributed by atoms with Crippen molar-refractivity contribution in [3.8, 4) is 0 Å². The number of amides is 2. The molecule has 2 aliphatic carbocycles. The van der Waals surface area contributed by atoms with Crippen molar-refractivity contribution in [2.75, 3.05) is 26.8 Å². The first kappa shape index (κ1) is 19.4. The molecule has 5 heteroatoms. The Morgan fingerprint density at radius 1 is 1.31 bits per heavy atom. The summed E-state index contributed by atoms with van der Waals surface area (Å²) in [4.78, 5) is 26.7. The van der Waals surface area contributed by atoms with Crippen molar-refractivity contribution in [3.05, 3.63) is 11.8 Å². The molecule has 0 spiro atoms. The van der Waals surface area contributed by atoms with Gasteiger partial charge < -0.3 is 15.0 Å². The van der Waals surface area contributed by atoms with Crippen LogP contribution in [0.4, 0.5) is 0 Å². The lowest BCUT2D eigenvalue weighted by Crippen LogP contribution is -2.51. The normalized spacial score (nSPS) is 26.6. The zero-order chi connectivity index (χ0) is 18.4. The Morgan fingerprint density at radius 3 is 2.88 bits per heavy atom. The Morgan fingerprint density at radius 2 is 2.12 bits per heavy atom. The maximum atomic E-state index is 12.4. The van der Waals surface area contributed by atoms with Crippen LogP contribution in [0.5, 0.6) is 0 Å². The molecule has 26 heavy (non-hydrogen) atoms. The number of nitrogens with one attached hydrogen (secondary N) is 1. The lowest BCUT2D eigenvalue weighted by molar-refractivity contribution is -0.134. The molecule has 0 aromatic carbocycles. The van der Waals surface area contributed by atoms with E-state index in [1.807, 2.05) is 4.90 Å². The molecule has 0 aromatic rings. The molecular weight excluding hydrogens is 328 g/mol. The van der Waals surface area contributed by atoms with Gasteiger partial charge in [0.25, 0.3) is 0 Å². The van der Waals surface area contributed by atoms with Gasteiger partial charge in [-0.15, -0.1) is 0 Å². The Kier molecular flexibility index (Phi) is 6.74. The second kappa shape index (κ2) is 9.03. The first-order valence-electron chi connectivity index (χ1n) is 10.4. The average molecular weight is 363 g/mol. The number of ether oxygens (including phenoxy) is 1. The average Bonchev–Trinajstić information content (AvgIpc) is 3.18. The number of methoxy groups -OCH3 is 1. The molecule has 2 fully saturated rings. The molecule has 5 nitrogen and oxygen atoms in total. The number of piperidine rings is 1. The van der Waals surface area contributed by atoms with Crippen LogP contribution in [0.1, 0.15) is 70.6 Å². The highest BCUT2D eigenvalue weighted by molar-refractivity contribution is 5.80. The van der Waals surface area contributed by atoms with Crippen LogP contribution in [0.25, 0.3) is 0 Å². The van der Waals surface area contributed by atoms with Crippen LogP contribution < -0.4 is 5.32 Å². The van der Waals surface area contributed by atoms with E-state index in [2.05, 4.69) is 11.4 Å². The molecule has 2 amide bonds. The molecule has 1 saturated carbocycles. The van der Waals surface area contributed by atoms with Crippen molar-refractivity contribution in [1.82, 2.24) is 10.2 Å². The first-order valence-corrected chi connectivity index (χ1v) is 10.4. The van der Waals surface area contributed by atoms with Crippen molar-refractivity contribution in [2.45, 2.75) is 70.6 Å². The smallest absolute Gasteiger partial charge is 0.226 e. The molecule has 1 unspecified atom stereocenters. The summed E-state index contributed by atoms with van der Waals surface area (Å²) in [6, 6.07) is 0. The molecule has 1 atom stereocenters. The molecule has 1 heterocycles. The van der Waals surface area contributed by atoms with E-state index in [9.17, 15) is 9.59 Å². The van der Waals surface area contributed by atoms with E-state index in [0.717, 1.165) is 43.7 Å². The van der Waals surface area contributed by atoms with Gasteiger partial charge in [0.1, 0.15) is 0 Å². The fourth-order valence-electron chi connectivity index (χ4n) is 4.97. The monoisotopic (exact) mass is 362 g/mol. The molecule has 0 aromatic heterocycles. The predicted molar refractivity (Wildman–Crippen MR) is 101 cm³/mol. The fraction of sp³-hybridized carbons (Fsp3) is 0.810. The number of likely N-dealkylation sites (tertiary alicyclic amines) is 1. The first-order chi connectivity index (χ1) is 12.6. The van der Waals surface area contributed by atoms with Crippen LogP contribution in [-0.4, -0.2) is 43.5 Å². The maximum Gasteiger partial charge on any atom is 0.226 e. The van der Waals surface area contributed by atoms with Gasteiger partial charge in [0.15, 0.2) is 0 Å². The highest BCUT2D eigenvalue weighted by Crippen LogP contribution is 2.46. The molecule has 1 N–H and O–H groups in total. The number of carbonyl (C=O) groups excluding carboxylic acids is 2. The zero-order valence-corrected chi connectivity index (χ0v) is 16.2. The van der Waals surface area contributed by atoms with E-state index in [1.165, 1.54) is 25.7 Å². The van der Waals surface area contributed by atoms with Crippen molar-refractivity contribution in [1.29, 1.82) is 0 Å². The molecule has 3 rings (SSSR count). The minimum Gasteiger partial charge on any atom is -0.383 e. The van der Waals surface area contributed by atoms with E-state index in [0.29, 0.717) is 32.5 Å². The SMILES string of the molecule is COCCN1C(=O)CCC2(CNC(=O)CCC3CCCC3)CCCC=C12. The standard InChI is InChI=1S/C21H34N2O3/c1-26-15-14-23-18-8-4-5-12-21(18,13-11-20(23)25)16-22-19(24)10-9-17-6-2-3-7-17/h8,17H,2-7,9-16H2,1H3,(H,22,24). The summed E-state index contributed by atoms with van der Waals surface area (Å²) >= 11 is 0. The van der Waals surface area contributed by atoms with Gasteiger partial charge in [-0.25, -0.2) is 0 Å². The topological polar surface area (TPSA) is 58.6 Å². The number of carbonyl (C=O) groups is 2. The van der Waals surface area contributed by atoms with E-state index in [-0.39, 0.29) is 17.2 Å². The quantitative estimate of drug-likeness (QED) is 0.720. The molecule has 0 radical (unpaired) electrons. The minimum atomic E-state index is -0.0665. The maximum absolute atomic E-state index is 12.4.